The number of hydrogen-bond acceptors (Lipinski definition) is 5. The molecule has 0 radical (unpaired) electrons. The Morgan fingerprint density at radius 3 is 2.42 bits per heavy atom. The van der Waals surface area contributed by atoms with Crippen molar-refractivity contribution in [2.75, 3.05) is 11.9 Å². The molecule has 0 saturated carbocycles. The lowest BCUT2D eigenvalue weighted by molar-refractivity contribution is -0.384. The van der Waals surface area contributed by atoms with Crippen molar-refractivity contribution < 1.29 is 9.72 Å². The Balaban J connectivity index is 1.92. The van der Waals surface area contributed by atoms with Gasteiger partial charge in [-0.05, 0) is 24.3 Å². The van der Waals surface area contributed by atoms with E-state index in [0.29, 0.717) is 17.8 Å². The zero-order chi connectivity index (χ0) is 18.5. The number of carbonyl (C=O) groups excluding carboxylic acids is 1. The molecule has 0 saturated heterocycles. The number of nitro groups is 1. The first-order valence-corrected chi connectivity index (χ1v) is 8.05. The molecule has 6 nitrogen and oxygen atoms in total. The summed E-state index contributed by atoms with van der Waals surface area (Å²) in [5.41, 5.74) is 1.92. The van der Waals surface area contributed by atoms with Gasteiger partial charge in [-0.2, -0.15) is 0 Å². The fourth-order valence-corrected chi connectivity index (χ4v) is 2.71. The minimum atomic E-state index is -0.466. The van der Waals surface area contributed by atoms with Gasteiger partial charge >= 0.3 is 0 Å². The van der Waals surface area contributed by atoms with Gasteiger partial charge in [0.2, 0.25) is 0 Å². The van der Waals surface area contributed by atoms with Crippen molar-refractivity contribution in [1.82, 2.24) is 4.98 Å². The molecule has 0 fully saturated rings. The molecule has 0 aliphatic heterocycles. The van der Waals surface area contributed by atoms with Crippen LogP contribution in [0.15, 0.2) is 72.9 Å². The molecule has 0 amide bonds. The van der Waals surface area contributed by atoms with Crippen LogP contribution in [0, 0.1) is 10.1 Å². The lowest BCUT2D eigenvalue weighted by Crippen LogP contribution is -2.18. The molecule has 3 aromatic rings. The number of rotatable bonds is 6. The second-order valence-corrected chi connectivity index (χ2v) is 5.83. The molecule has 0 unspecified atom stereocenters. The van der Waals surface area contributed by atoms with E-state index in [-0.39, 0.29) is 17.0 Å². The maximum atomic E-state index is 12.5. The average Bonchev–Trinajstić information content (AvgIpc) is 2.68. The van der Waals surface area contributed by atoms with Gasteiger partial charge in [0.25, 0.3) is 5.69 Å². The van der Waals surface area contributed by atoms with Gasteiger partial charge in [-0.15, -0.1) is 0 Å². The molecule has 0 aliphatic carbocycles. The third-order valence-electron chi connectivity index (χ3n) is 4.01. The largest absolute Gasteiger partial charge is 0.363 e. The highest BCUT2D eigenvalue weighted by Crippen LogP contribution is 2.30. The fraction of sp³-hybridized carbons (Fsp3) is 0.100. The molecule has 0 atom stereocenters. The van der Waals surface area contributed by atoms with E-state index < -0.39 is 4.92 Å². The molecule has 6 heteroatoms. The van der Waals surface area contributed by atoms with E-state index in [1.807, 2.05) is 24.3 Å². The topological polar surface area (TPSA) is 76.3 Å². The summed E-state index contributed by atoms with van der Waals surface area (Å²) < 4.78 is 0. The maximum absolute atomic E-state index is 12.5. The minimum absolute atomic E-state index is 0.106. The Hall–Kier alpha value is -3.54. The van der Waals surface area contributed by atoms with Gasteiger partial charge in [0.15, 0.2) is 5.78 Å². The number of ketones is 1. The van der Waals surface area contributed by atoms with Crippen molar-refractivity contribution in [3.8, 4) is 0 Å². The highest BCUT2D eigenvalue weighted by atomic mass is 16.6. The molecular formula is C20H17N3O3. The summed E-state index contributed by atoms with van der Waals surface area (Å²) >= 11 is 0. The number of aromatic nitrogens is 1. The first-order valence-electron chi connectivity index (χ1n) is 8.05. The van der Waals surface area contributed by atoms with Crippen molar-refractivity contribution >= 4 is 17.2 Å². The summed E-state index contributed by atoms with van der Waals surface area (Å²) in [5, 5.41) is 11.5. The normalized spacial score (nSPS) is 10.3. The Labute approximate surface area is 150 Å². The monoisotopic (exact) mass is 347 g/mol. The van der Waals surface area contributed by atoms with Gasteiger partial charge < -0.3 is 4.90 Å². The van der Waals surface area contributed by atoms with Gasteiger partial charge in [-0.1, -0.05) is 36.4 Å². The van der Waals surface area contributed by atoms with Crippen molar-refractivity contribution in [3.05, 3.63) is 99.9 Å². The van der Waals surface area contributed by atoms with E-state index in [1.54, 1.807) is 54.5 Å². The van der Waals surface area contributed by atoms with Gasteiger partial charge in [-0.3, -0.25) is 19.9 Å². The molecule has 1 aromatic heterocycles. The van der Waals surface area contributed by atoms with Crippen molar-refractivity contribution in [2.45, 2.75) is 6.54 Å². The third kappa shape index (κ3) is 3.75. The third-order valence-corrected chi connectivity index (χ3v) is 4.01. The molecule has 0 bridgehead atoms. The molecule has 130 valence electrons. The van der Waals surface area contributed by atoms with E-state index in [9.17, 15) is 14.9 Å². The quantitative estimate of drug-likeness (QED) is 0.384. The molecule has 3 rings (SSSR count). The number of anilines is 1. The van der Waals surface area contributed by atoms with Crippen LogP contribution >= 0.6 is 0 Å². The van der Waals surface area contributed by atoms with E-state index in [0.717, 1.165) is 5.69 Å². The van der Waals surface area contributed by atoms with Crippen molar-refractivity contribution in [3.63, 3.8) is 0 Å². The average molecular weight is 347 g/mol. The second kappa shape index (κ2) is 7.57. The van der Waals surface area contributed by atoms with E-state index in [4.69, 9.17) is 0 Å². The first-order chi connectivity index (χ1) is 12.6. The highest BCUT2D eigenvalue weighted by Gasteiger charge is 2.21. The van der Waals surface area contributed by atoms with Gasteiger partial charge in [0, 0.05) is 30.4 Å². The number of hydrogen-bond donors (Lipinski definition) is 0. The highest BCUT2D eigenvalue weighted by molar-refractivity contribution is 6.09. The Kier molecular flexibility index (Phi) is 5.03. The Morgan fingerprint density at radius 1 is 1.04 bits per heavy atom. The van der Waals surface area contributed by atoms with Crippen molar-refractivity contribution in [2.24, 2.45) is 0 Å². The lowest BCUT2D eigenvalue weighted by atomic mass is 10.0. The molecule has 0 aliphatic rings. The lowest BCUT2D eigenvalue weighted by Gasteiger charge is -2.19. The Bertz CT molecular complexity index is 928. The van der Waals surface area contributed by atoms with Crippen LogP contribution in [0.2, 0.25) is 0 Å². The SMILES string of the molecule is CN(Cc1ccccn1)c1ccc(C(=O)c2ccccc2)cc1[N+](=O)[O-]. The smallest absolute Gasteiger partial charge is 0.293 e. The predicted molar refractivity (Wildman–Crippen MR) is 99.3 cm³/mol. The van der Waals surface area contributed by atoms with Crippen LogP contribution in [-0.4, -0.2) is 22.7 Å². The van der Waals surface area contributed by atoms with Gasteiger partial charge in [-0.25, -0.2) is 0 Å². The summed E-state index contributed by atoms with van der Waals surface area (Å²) in [6, 6.07) is 18.8. The van der Waals surface area contributed by atoms with Crippen LogP contribution in [0.4, 0.5) is 11.4 Å². The number of nitro benzene ring substituents is 1. The summed E-state index contributed by atoms with van der Waals surface area (Å²) in [5.74, 6) is -0.243. The first kappa shape index (κ1) is 17.3. The van der Waals surface area contributed by atoms with E-state index in [2.05, 4.69) is 4.98 Å². The number of nitrogens with zero attached hydrogens (tertiary/aromatic N) is 3. The molecular weight excluding hydrogens is 330 g/mol. The predicted octanol–water partition coefficient (Wildman–Crippen LogP) is 3.86. The van der Waals surface area contributed by atoms with Crippen LogP contribution < -0.4 is 4.90 Å². The van der Waals surface area contributed by atoms with Crippen LogP contribution in [0.1, 0.15) is 21.6 Å². The summed E-state index contributed by atoms with van der Waals surface area (Å²) in [4.78, 5) is 29.6. The van der Waals surface area contributed by atoms with Crippen LogP contribution in [0.3, 0.4) is 0 Å². The standard InChI is InChI=1S/C20H17N3O3/c1-22(14-17-9-5-6-12-21-17)18-11-10-16(13-19(18)23(25)26)20(24)15-7-3-2-4-8-15/h2-13H,14H2,1H3. The minimum Gasteiger partial charge on any atom is -0.363 e. The molecule has 0 N–H and O–H groups in total. The van der Waals surface area contributed by atoms with Gasteiger partial charge in [0.1, 0.15) is 5.69 Å². The van der Waals surface area contributed by atoms with Crippen LogP contribution in [0.5, 0.6) is 0 Å². The van der Waals surface area contributed by atoms with E-state index >= 15 is 0 Å². The molecule has 1 heterocycles. The number of benzene rings is 2. The van der Waals surface area contributed by atoms with Crippen LogP contribution in [-0.2, 0) is 6.54 Å². The van der Waals surface area contributed by atoms with E-state index in [1.165, 1.54) is 6.07 Å². The summed E-state index contributed by atoms with van der Waals surface area (Å²) in [6.45, 7) is 0.424. The van der Waals surface area contributed by atoms with Gasteiger partial charge in [0.05, 0.1) is 17.2 Å². The van der Waals surface area contributed by atoms with Crippen LogP contribution in [0.25, 0.3) is 0 Å². The second-order valence-electron chi connectivity index (χ2n) is 5.83. The summed E-state index contributed by atoms with van der Waals surface area (Å²) in [7, 11) is 1.76. The summed E-state index contributed by atoms with van der Waals surface area (Å²) in [6.07, 6.45) is 1.68. The molecule has 2 aromatic carbocycles. The number of pyridine rings is 1. The Morgan fingerprint density at radius 2 is 1.77 bits per heavy atom. The van der Waals surface area contributed by atoms with Crippen molar-refractivity contribution in [1.29, 1.82) is 0 Å². The zero-order valence-electron chi connectivity index (χ0n) is 14.2. The fourth-order valence-electron chi connectivity index (χ4n) is 2.71. The number of carbonyl (C=O) groups is 1. The zero-order valence-corrected chi connectivity index (χ0v) is 14.2. The molecule has 0 spiro atoms. The molecule has 26 heavy (non-hydrogen) atoms. The maximum Gasteiger partial charge on any atom is 0.293 e.